The summed E-state index contributed by atoms with van der Waals surface area (Å²) in [6.07, 6.45) is 0.720. The largest absolute Gasteiger partial charge is 0.497 e. The normalized spacial score (nSPS) is 21.3. The zero-order valence-corrected chi connectivity index (χ0v) is 11.4. The Morgan fingerprint density at radius 1 is 1.42 bits per heavy atom. The fourth-order valence-corrected chi connectivity index (χ4v) is 2.33. The summed E-state index contributed by atoms with van der Waals surface area (Å²) in [5.41, 5.74) is 1.00. The first kappa shape index (κ1) is 13.7. The molecule has 1 saturated carbocycles. The Morgan fingerprint density at radius 2 is 2.16 bits per heavy atom. The van der Waals surface area contributed by atoms with Crippen LogP contribution in [0.15, 0.2) is 18.2 Å². The molecule has 0 bridgehead atoms. The molecule has 1 aliphatic carbocycles. The Kier molecular flexibility index (Phi) is 3.95. The van der Waals surface area contributed by atoms with Gasteiger partial charge in [-0.15, -0.1) is 0 Å². The summed E-state index contributed by atoms with van der Waals surface area (Å²) in [4.78, 5) is 12.9. The van der Waals surface area contributed by atoms with Crippen LogP contribution in [0.1, 0.15) is 12.0 Å². The lowest BCUT2D eigenvalue weighted by Crippen LogP contribution is -2.23. The maximum absolute atomic E-state index is 10.9. The molecule has 2 atom stereocenters. The SMILES string of the molecule is COc1ccc(OC)c(CN(C)C2CC2C(=O)O)c1. The fourth-order valence-electron chi connectivity index (χ4n) is 2.33. The van der Waals surface area contributed by atoms with Crippen LogP contribution < -0.4 is 9.47 Å². The highest BCUT2D eigenvalue weighted by Gasteiger charge is 2.45. The lowest BCUT2D eigenvalue weighted by atomic mass is 10.1. The molecule has 1 fully saturated rings. The number of carboxylic acids is 1. The molecule has 5 heteroatoms. The topological polar surface area (TPSA) is 59.0 Å². The monoisotopic (exact) mass is 265 g/mol. The number of rotatable bonds is 6. The molecule has 0 spiro atoms. The number of aliphatic carboxylic acids is 1. The van der Waals surface area contributed by atoms with E-state index < -0.39 is 5.97 Å². The summed E-state index contributed by atoms with van der Waals surface area (Å²) < 4.78 is 10.5. The van der Waals surface area contributed by atoms with E-state index in [2.05, 4.69) is 4.90 Å². The van der Waals surface area contributed by atoms with E-state index in [4.69, 9.17) is 14.6 Å². The number of carbonyl (C=O) groups is 1. The van der Waals surface area contributed by atoms with Crippen molar-refractivity contribution in [3.63, 3.8) is 0 Å². The molecule has 0 radical (unpaired) electrons. The van der Waals surface area contributed by atoms with Gasteiger partial charge in [0.25, 0.3) is 0 Å². The van der Waals surface area contributed by atoms with E-state index in [1.807, 2.05) is 25.2 Å². The van der Waals surface area contributed by atoms with E-state index in [1.165, 1.54) is 0 Å². The van der Waals surface area contributed by atoms with Crippen molar-refractivity contribution in [3.8, 4) is 11.5 Å². The van der Waals surface area contributed by atoms with Gasteiger partial charge < -0.3 is 14.6 Å². The van der Waals surface area contributed by atoms with Gasteiger partial charge in [-0.05, 0) is 31.7 Å². The second-order valence-electron chi connectivity index (χ2n) is 4.84. The van der Waals surface area contributed by atoms with Crippen LogP contribution in [-0.4, -0.2) is 43.3 Å². The quantitative estimate of drug-likeness (QED) is 0.846. The Bertz CT molecular complexity index is 475. The summed E-state index contributed by atoms with van der Waals surface area (Å²) >= 11 is 0. The molecule has 0 aromatic heterocycles. The molecular formula is C14H19NO4. The average Bonchev–Trinajstić information content (AvgIpc) is 3.19. The zero-order chi connectivity index (χ0) is 14.0. The molecule has 1 aliphatic rings. The third-order valence-electron chi connectivity index (χ3n) is 3.55. The summed E-state index contributed by atoms with van der Waals surface area (Å²) in [5, 5.41) is 8.95. The summed E-state index contributed by atoms with van der Waals surface area (Å²) in [7, 11) is 5.19. The molecule has 19 heavy (non-hydrogen) atoms. The van der Waals surface area contributed by atoms with Crippen molar-refractivity contribution in [2.45, 2.75) is 19.0 Å². The Balaban J connectivity index is 2.07. The van der Waals surface area contributed by atoms with Gasteiger partial charge in [-0.2, -0.15) is 0 Å². The van der Waals surface area contributed by atoms with Gasteiger partial charge in [0.1, 0.15) is 11.5 Å². The van der Waals surface area contributed by atoms with Crippen LogP contribution in [0.4, 0.5) is 0 Å². The van der Waals surface area contributed by atoms with Crippen LogP contribution in [-0.2, 0) is 11.3 Å². The molecule has 1 aromatic carbocycles. The number of hydrogen-bond donors (Lipinski definition) is 1. The standard InChI is InChI=1S/C14H19NO4/c1-15(12-7-11(12)14(16)17)8-9-6-10(18-2)4-5-13(9)19-3/h4-6,11-12H,7-8H2,1-3H3,(H,16,17). The fraction of sp³-hybridized carbons (Fsp3) is 0.500. The molecule has 0 saturated heterocycles. The lowest BCUT2D eigenvalue weighted by Gasteiger charge is -2.18. The second kappa shape index (κ2) is 5.48. The van der Waals surface area contributed by atoms with Crippen molar-refractivity contribution in [1.82, 2.24) is 4.90 Å². The number of ether oxygens (including phenoxy) is 2. The van der Waals surface area contributed by atoms with E-state index in [-0.39, 0.29) is 12.0 Å². The molecule has 5 nitrogen and oxygen atoms in total. The van der Waals surface area contributed by atoms with Gasteiger partial charge in [0.15, 0.2) is 0 Å². The molecule has 1 aromatic rings. The van der Waals surface area contributed by atoms with Crippen molar-refractivity contribution in [1.29, 1.82) is 0 Å². The van der Waals surface area contributed by atoms with Gasteiger partial charge >= 0.3 is 5.97 Å². The van der Waals surface area contributed by atoms with Crippen molar-refractivity contribution in [3.05, 3.63) is 23.8 Å². The molecule has 2 unspecified atom stereocenters. The second-order valence-corrected chi connectivity index (χ2v) is 4.84. The van der Waals surface area contributed by atoms with Crippen LogP contribution >= 0.6 is 0 Å². The van der Waals surface area contributed by atoms with Crippen LogP contribution in [0.3, 0.4) is 0 Å². The predicted molar refractivity (Wildman–Crippen MR) is 70.5 cm³/mol. The van der Waals surface area contributed by atoms with Gasteiger partial charge in [0, 0.05) is 18.2 Å². The summed E-state index contributed by atoms with van der Waals surface area (Å²) in [5.74, 6) is 0.617. The van der Waals surface area contributed by atoms with Crippen LogP contribution in [0.5, 0.6) is 11.5 Å². The molecule has 0 amide bonds. The number of hydrogen-bond acceptors (Lipinski definition) is 4. The predicted octanol–water partition coefficient (Wildman–Crippen LogP) is 1.61. The van der Waals surface area contributed by atoms with E-state index in [0.29, 0.717) is 6.54 Å². The van der Waals surface area contributed by atoms with Crippen molar-refractivity contribution < 1.29 is 19.4 Å². The third-order valence-corrected chi connectivity index (χ3v) is 3.55. The van der Waals surface area contributed by atoms with E-state index >= 15 is 0 Å². The van der Waals surface area contributed by atoms with Crippen LogP contribution in [0, 0.1) is 5.92 Å². The molecule has 1 N–H and O–H groups in total. The summed E-state index contributed by atoms with van der Waals surface area (Å²) in [6.45, 7) is 0.648. The number of carboxylic acid groups (broad SMARTS) is 1. The maximum atomic E-state index is 10.9. The smallest absolute Gasteiger partial charge is 0.308 e. The minimum Gasteiger partial charge on any atom is -0.497 e. The highest BCUT2D eigenvalue weighted by molar-refractivity contribution is 5.74. The number of nitrogens with zero attached hydrogens (tertiary/aromatic N) is 1. The lowest BCUT2D eigenvalue weighted by molar-refractivity contribution is -0.138. The van der Waals surface area contributed by atoms with Crippen molar-refractivity contribution in [2.75, 3.05) is 21.3 Å². The molecular weight excluding hydrogens is 246 g/mol. The summed E-state index contributed by atoms with van der Waals surface area (Å²) in [6, 6.07) is 5.75. The Morgan fingerprint density at radius 3 is 2.68 bits per heavy atom. The van der Waals surface area contributed by atoms with Gasteiger partial charge in [-0.25, -0.2) is 0 Å². The first-order valence-electron chi connectivity index (χ1n) is 6.20. The van der Waals surface area contributed by atoms with Gasteiger partial charge in [-0.1, -0.05) is 0 Å². The first-order chi connectivity index (χ1) is 9.06. The minimum atomic E-state index is -0.713. The van der Waals surface area contributed by atoms with E-state index in [0.717, 1.165) is 23.5 Å². The zero-order valence-electron chi connectivity index (χ0n) is 11.4. The van der Waals surface area contributed by atoms with Gasteiger partial charge in [0.05, 0.1) is 20.1 Å². The average molecular weight is 265 g/mol. The first-order valence-corrected chi connectivity index (χ1v) is 6.20. The van der Waals surface area contributed by atoms with Gasteiger partial charge in [0.2, 0.25) is 0 Å². The van der Waals surface area contributed by atoms with Crippen molar-refractivity contribution in [2.24, 2.45) is 5.92 Å². The highest BCUT2D eigenvalue weighted by Crippen LogP contribution is 2.37. The van der Waals surface area contributed by atoms with Crippen molar-refractivity contribution >= 4 is 5.97 Å². The highest BCUT2D eigenvalue weighted by atomic mass is 16.5. The molecule has 0 aliphatic heterocycles. The van der Waals surface area contributed by atoms with Gasteiger partial charge in [-0.3, -0.25) is 9.69 Å². The Hall–Kier alpha value is -1.75. The molecule has 104 valence electrons. The Labute approximate surface area is 112 Å². The number of methoxy groups -OCH3 is 2. The van der Waals surface area contributed by atoms with Crippen LogP contribution in [0.2, 0.25) is 0 Å². The molecule has 2 rings (SSSR count). The van der Waals surface area contributed by atoms with E-state index in [1.54, 1.807) is 14.2 Å². The number of benzene rings is 1. The third kappa shape index (κ3) is 2.98. The maximum Gasteiger partial charge on any atom is 0.308 e. The van der Waals surface area contributed by atoms with E-state index in [9.17, 15) is 4.79 Å². The van der Waals surface area contributed by atoms with Crippen LogP contribution in [0.25, 0.3) is 0 Å². The molecule has 0 heterocycles. The minimum absolute atomic E-state index is 0.119.